The Hall–Kier alpha value is 0.230. The van der Waals surface area contributed by atoms with E-state index in [4.69, 9.17) is 10.8 Å². The topological polar surface area (TPSA) is 49.5 Å². The molecule has 3 N–H and O–H groups in total. The Morgan fingerprint density at radius 1 is 1.62 bits per heavy atom. The van der Waals surface area contributed by atoms with Crippen LogP contribution < -0.4 is 5.73 Å². The molecule has 0 aromatic carbocycles. The number of hydrogen-bond donors (Lipinski definition) is 3. The highest BCUT2D eigenvalue weighted by Gasteiger charge is 2.25. The van der Waals surface area contributed by atoms with Crippen LogP contribution in [0.1, 0.15) is 0 Å². The minimum atomic E-state index is -0.382. The Balaban J connectivity index is 2.39. The summed E-state index contributed by atoms with van der Waals surface area (Å²) in [5.41, 5.74) is 5.43. The van der Waals surface area contributed by atoms with Crippen LogP contribution in [-0.2, 0) is 0 Å². The number of β-amino-alcohol motifs (C(OH)–C–C–N with tert-alkyl or cyclic N) is 1. The predicted octanol–water partition coefficient (Wildman–Crippen LogP) is -1.17. The molecule has 0 bridgehead atoms. The molecule has 0 unspecified atom stereocenters. The lowest BCUT2D eigenvalue weighted by atomic mass is 10.2. The zero-order valence-electron chi connectivity index (χ0n) is 4.49. The van der Waals surface area contributed by atoms with Gasteiger partial charge in [0.2, 0.25) is 0 Å². The van der Waals surface area contributed by atoms with Crippen LogP contribution in [0.4, 0.5) is 0 Å². The van der Waals surface area contributed by atoms with Crippen molar-refractivity contribution in [3.05, 3.63) is 0 Å². The Labute approximate surface area is 54.0 Å². The van der Waals surface area contributed by atoms with Crippen LogP contribution in [0.5, 0.6) is 0 Å². The van der Waals surface area contributed by atoms with Gasteiger partial charge in [-0.05, 0) is 0 Å². The van der Waals surface area contributed by atoms with Crippen LogP contribution in [0.25, 0.3) is 0 Å². The molecule has 0 aliphatic carbocycles. The van der Waals surface area contributed by atoms with E-state index in [1.807, 2.05) is 0 Å². The van der Waals surface area contributed by atoms with Gasteiger partial charge in [0.25, 0.3) is 0 Å². The molecular weight excluding hydrogens is 124 g/mol. The average Bonchev–Trinajstić information content (AvgIpc) is 1.85. The summed E-state index contributed by atoms with van der Waals surface area (Å²) in [4.78, 5) is 0. The number of hydrogen-bond acceptors (Lipinski definition) is 4. The van der Waals surface area contributed by atoms with Crippen LogP contribution in [0.3, 0.4) is 0 Å². The lowest BCUT2D eigenvalue weighted by Crippen LogP contribution is -2.32. The molecule has 0 aromatic rings. The van der Waals surface area contributed by atoms with Crippen molar-refractivity contribution >= 4 is 12.8 Å². The second kappa shape index (κ2) is 2.23. The molecule has 0 amide bonds. The fraction of sp³-hybridized carbons (Fsp3) is 1.00. The molecule has 1 rings (SSSR count). The fourth-order valence-electron chi connectivity index (χ4n) is 0.791. The number of nitrogens with zero attached hydrogens (tertiary/aromatic N) is 1. The van der Waals surface area contributed by atoms with E-state index in [0.29, 0.717) is 13.1 Å². The fourth-order valence-corrected chi connectivity index (χ4v) is 1.15. The number of rotatable bonds is 0. The standard InChI is InChI=1S/C4H10N2OS/c5-3-1-6(8)2-4(3)7/h3-4,7-8H,1-2,5H2/t3-,4-/m1/s1. The van der Waals surface area contributed by atoms with Crippen molar-refractivity contribution in [3.8, 4) is 0 Å². The molecule has 0 aromatic heterocycles. The number of thiol groups is 1. The summed E-state index contributed by atoms with van der Waals surface area (Å²) in [6.45, 7) is 1.27. The molecule has 1 aliphatic rings. The molecule has 4 heteroatoms. The van der Waals surface area contributed by atoms with E-state index in [9.17, 15) is 0 Å². The minimum absolute atomic E-state index is 0.104. The van der Waals surface area contributed by atoms with Crippen LogP contribution in [0.2, 0.25) is 0 Å². The van der Waals surface area contributed by atoms with E-state index < -0.39 is 0 Å². The summed E-state index contributed by atoms with van der Waals surface area (Å²) < 4.78 is 1.72. The Kier molecular flexibility index (Phi) is 1.77. The SMILES string of the molecule is N[C@@H]1CN(S)C[C@H]1O. The van der Waals surface area contributed by atoms with Gasteiger partial charge in [0.1, 0.15) is 0 Å². The first-order chi connectivity index (χ1) is 3.70. The van der Waals surface area contributed by atoms with E-state index in [-0.39, 0.29) is 12.1 Å². The van der Waals surface area contributed by atoms with Gasteiger partial charge in [-0.3, -0.25) is 0 Å². The number of aliphatic hydroxyl groups excluding tert-OH is 1. The van der Waals surface area contributed by atoms with Gasteiger partial charge in [-0.1, -0.05) is 12.8 Å². The zero-order valence-corrected chi connectivity index (χ0v) is 5.38. The molecule has 0 radical (unpaired) electrons. The first-order valence-electron chi connectivity index (χ1n) is 2.57. The van der Waals surface area contributed by atoms with Crippen molar-refractivity contribution in [2.75, 3.05) is 13.1 Å². The molecule has 1 heterocycles. The zero-order chi connectivity index (χ0) is 6.15. The number of nitrogens with two attached hydrogens (primary N) is 1. The van der Waals surface area contributed by atoms with Crippen molar-refractivity contribution in [1.29, 1.82) is 0 Å². The largest absolute Gasteiger partial charge is 0.390 e. The second-order valence-electron chi connectivity index (χ2n) is 2.10. The summed E-state index contributed by atoms with van der Waals surface area (Å²) in [5.74, 6) is 0. The molecule has 1 fully saturated rings. The summed E-state index contributed by atoms with van der Waals surface area (Å²) in [6.07, 6.45) is -0.382. The summed E-state index contributed by atoms with van der Waals surface area (Å²) in [5, 5.41) is 8.95. The quantitative estimate of drug-likeness (QED) is 0.366. The smallest absolute Gasteiger partial charge is 0.0839 e. The molecule has 48 valence electrons. The first kappa shape index (κ1) is 6.35. The van der Waals surface area contributed by atoms with Crippen molar-refractivity contribution in [2.45, 2.75) is 12.1 Å². The van der Waals surface area contributed by atoms with Crippen LogP contribution in [0, 0.1) is 0 Å². The van der Waals surface area contributed by atoms with Gasteiger partial charge in [-0.2, -0.15) is 0 Å². The van der Waals surface area contributed by atoms with E-state index in [0.717, 1.165) is 0 Å². The molecule has 0 saturated carbocycles. The van der Waals surface area contributed by atoms with Gasteiger partial charge in [0.15, 0.2) is 0 Å². The molecule has 1 saturated heterocycles. The third-order valence-electron chi connectivity index (χ3n) is 1.31. The van der Waals surface area contributed by atoms with E-state index >= 15 is 0 Å². The number of aliphatic hydroxyl groups is 1. The minimum Gasteiger partial charge on any atom is -0.390 e. The maximum atomic E-state index is 8.95. The monoisotopic (exact) mass is 134 g/mol. The molecule has 0 spiro atoms. The summed E-state index contributed by atoms with van der Waals surface area (Å²) in [7, 11) is 0. The second-order valence-corrected chi connectivity index (χ2v) is 2.67. The van der Waals surface area contributed by atoms with Crippen molar-refractivity contribution < 1.29 is 5.11 Å². The maximum absolute atomic E-state index is 8.95. The summed E-state index contributed by atoms with van der Waals surface area (Å²) in [6, 6.07) is -0.104. The lowest BCUT2D eigenvalue weighted by Gasteiger charge is -2.02. The van der Waals surface area contributed by atoms with Gasteiger partial charge in [-0.15, -0.1) is 0 Å². The van der Waals surface area contributed by atoms with Gasteiger partial charge >= 0.3 is 0 Å². The van der Waals surface area contributed by atoms with E-state index in [1.54, 1.807) is 4.31 Å². The predicted molar refractivity (Wildman–Crippen MR) is 34.5 cm³/mol. The van der Waals surface area contributed by atoms with E-state index in [2.05, 4.69) is 12.8 Å². The van der Waals surface area contributed by atoms with Crippen LogP contribution in [0.15, 0.2) is 0 Å². The Morgan fingerprint density at radius 3 is 2.38 bits per heavy atom. The molecular formula is C4H10N2OS. The van der Waals surface area contributed by atoms with Crippen LogP contribution >= 0.6 is 12.8 Å². The van der Waals surface area contributed by atoms with Crippen LogP contribution in [-0.4, -0.2) is 34.6 Å². The Morgan fingerprint density at radius 2 is 2.25 bits per heavy atom. The lowest BCUT2D eigenvalue weighted by molar-refractivity contribution is 0.175. The van der Waals surface area contributed by atoms with Crippen molar-refractivity contribution in [3.63, 3.8) is 0 Å². The molecule has 2 atom stereocenters. The van der Waals surface area contributed by atoms with Crippen molar-refractivity contribution in [2.24, 2.45) is 5.73 Å². The molecule has 8 heavy (non-hydrogen) atoms. The highest BCUT2D eigenvalue weighted by Crippen LogP contribution is 2.08. The first-order valence-corrected chi connectivity index (χ1v) is 2.97. The molecule has 3 nitrogen and oxygen atoms in total. The van der Waals surface area contributed by atoms with Gasteiger partial charge < -0.3 is 10.8 Å². The highest BCUT2D eigenvalue weighted by molar-refractivity contribution is 7.77. The summed E-state index contributed by atoms with van der Waals surface area (Å²) >= 11 is 4.00. The highest BCUT2D eigenvalue weighted by atomic mass is 32.1. The maximum Gasteiger partial charge on any atom is 0.0839 e. The normalized spacial score (nSPS) is 40.9. The third kappa shape index (κ3) is 1.14. The average molecular weight is 134 g/mol. The van der Waals surface area contributed by atoms with Gasteiger partial charge in [-0.25, -0.2) is 4.31 Å². The Bertz CT molecular complexity index is 80.1. The van der Waals surface area contributed by atoms with Gasteiger partial charge in [0, 0.05) is 19.1 Å². The van der Waals surface area contributed by atoms with Gasteiger partial charge in [0.05, 0.1) is 6.10 Å². The van der Waals surface area contributed by atoms with E-state index in [1.165, 1.54) is 0 Å². The third-order valence-corrected chi connectivity index (χ3v) is 1.64. The molecule has 1 aliphatic heterocycles. The van der Waals surface area contributed by atoms with Crippen molar-refractivity contribution in [1.82, 2.24) is 4.31 Å².